The highest BCUT2D eigenvalue weighted by molar-refractivity contribution is 6.30. The van der Waals surface area contributed by atoms with E-state index in [0.29, 0.717) is 16.3 Å². The van der Waals surface area contributed by atoms with Crippen LogP contribution in [0.1, 0.15) is 28.5 Å². The Morgan fingerprint density at radius 2 is 2.13 bits per heavy atom. The van der Waals surface area contributed by atoms with Gasteiger partial charge < -0.3 is 9.30 Å². The monoisotopic (exact) mass is 334 g/mol. The van der Waals surface area contributed by atoms with E-state index in [4.69, 9.17) is 16.3 Å². The zero-order valence-electron chi connectivity index (χ0n) is 12.7. The van der Waals surface area contributed by atoms with Gasteiger partial charge in [-0.3, -0.25) is 10.1 Å². The van der Waals surface area contributed by atoms with Crippen LogP contribution in [0.15, 0.2) is 37.0 Å². The number of hydrogen-bond acceptors (Lipinski definition) is 4. The molecule has 0 unspecified atom stereocenters. The van der Waals surface area contributed by atoms with Crippen molar-refractivity contribution in [3.63, 3.8) is 0 Å². The molecule has 0 N–H and O–H groups in total. The molecule has 23 heavy (non-hydrogen) atoms. The molecular formula is C16H15ClN2O4. The third-order valence-electron chi connectivity index (χ3n) is 3.36. The lowest BCUT2D eigenvalue weighted by Crippen LogP contribution is -2.11. The van der Waals surface area contributed by atoms with E-state index in [9.17, 15) is 14.9 Å². The third-order valence-corrected chi connectivity index (χ3v) is 3.60. The van der Waals surface area contributed by atoms with Gasteiger partial charge in [-0.05, 0) is 36.3 Å². The zero-order valence-corrected chi connectivity index (χ0v) is 13.5. The summed E-state index contributed by atoms with van der Waals surface area (Å²) in [5.74, 6) is -0.526. The van der Waals surface area contributed by atoms with Crippen molar-refractivity contribution in [3.05, 3.63) is 69.0 Å². The minimum absolute atomic E-state index is 0.0595. The van der Waals surface area contributed by atoms with Gasteiger partial charge in [0.15, 0.2) is 0 Å². The molecule has 0 radical (unpaired) electrons. The number of carbonyl (C=O) groups is 1. The fourth-order valence-corrected chi connectivity index (χ4v) is 2.39. The molecule has 6 nitrogen and oxygen atoms in total. The largest absolute Gasteiger partial charge is 0.464 e. The van der Waals surface area contributed by atoms with Crippen LogP contribution in [0.4, 0.5) is 5.69 Å². The molecule has 0 bridgehead atoms. The van der Waals surface area contributed by atoms with E-state index in [1.165, 1.54) is 25.3 Å². The Morgan fingerprint density at radius 3 is 2.70 bits per heavy atom. The summed E-state index contributed by atoms with van der Waals surface area (Å²) in [6, 6.07) is 5.96. The Kier molecular flexibility index (Phi) is 4.86. The van der Waals surface area contributed by atoms with E-state index in [-0.39, 0.29) is 12.2 Å². The Labute approximate surface area is 138 Å². The molecule has 0 aliphatic carbocycles. The number of rotatable bonds is 5. The highest BCUT2D eigenvalue weighted by atomic mass is 35.5. The molecule has 0 atom stereocenters. The molecule has 2 aromatic rings. The number of nitrogens with zero attached hydrogens (tertiary/aromatic N) is 2. The standard InChI is InChI=1S/C16H15ClN2O4/c1-10(2)11-7-15(16(20)23-3)18(8-11)9-12-6-13(17)4-5-14(12)19(21)22/h4-8H,1,9H2,2-3H3. The first kappa shape index (κ1) is 16.8. The molecule has 120 valence electrons. The summed E-state index contributed by atoms with van der Waals surface area (Å²) in [5, 5.41) is 11.5. The first-order valence-corrected chi connectivity index (χ1v) is 7.08. The number of nitro benzene ring substituents is 1. The van der Waals surface area contributed by atoms with E-state index in [2.05, 4.69) is 6.58 Å². The Bertz CT molecular complexity index is 795. The van der Waals surface area contributed by atoms with Gasteiger partial charge in [-0.15, -0.1) is 0 Å². The van der Waals surface area contributed by atoms with Crippen molar-refractivity contribution >= 4 is 28.8 Å². The van der Waals surface area contributed by atoms with Crippen LogP contribution in [0.5, 0.6) is 0 Å². The molecule has 0 saturated carbocycles. The van der Waals surface area contributed by atoms with Crippen LogP contribution in [0.2, 0.25) is 5.02 Å². The Morgan fingerprint density at radius 1 is 1.43 bits per heavy atom. The topological polar surface area (TPSA) is 74.4 Å². The first-order valence-electron chi connectivity index (χ1n) is 6.70. The average molecular weight is 335 g/mol. The Hall–Kier alpha value is -2.60. The quantitative estimate of drug-likeness (QED) is 0.472. The zero-order chi connectivity index (χ0) is 17.1. The maximum Gasteiger partial charge on any atom is 0.354 e. The normalized spacial score (nSPS) is 10.4. The molecule has 1 heterocycles. The van der Waals surface area contributed by atoms with Gasteiger partial charge in [-0.25, -0.2) is 4.79 Å². The number of esters is 1. The Balaban J connectivity index is 2.51. The molecular weight excluding hydrogens is 320 g/mol. The molecule has 2 rings (SSSR count). The van der Waals surface area contributed by atoms with E-state index < -0.39 is 10.9 Å². The van der Waals surface area contributed by atoms with Gasteiger partial charge in [0, 0.05) is 17.3 Å². The van der Waals surface area contributed by atoms with Crippen molar-refractivity contribution in [1.29, 1.82) is 0 Å². The fourth-order valence-electron chi connectivity index (χ4n) is 2.19. The summed E-state index contributed by atoms with van der Waals surface area (Å²) in [6.45, 7) is 5.76. The number of hydrogen-bond donors (Lipinski definition) is 0. The van der Waals surface area contributed by atoms with Crippen molar-refractivity contribution in [2.24, 2.45) is 0 Å². The number of aromatic nitrogens is 1. The maximum absolute atomic E-state index is 11.9. The molecule has 0 aliphatic rings. The van der Waals surface area contributed by atoms with Gasteiger partial charge in [0.1, 0.15) is 5.69 Å². The van der Waals surface area contributed by atoms with E-state index in [1.54, 1.807) is 16.8 Å². The third kappa shape index (κ3) is 3.60. The van der Waals surface area contributed by atoms with Crippen molar-refractivity contribution in [2.75, 3.05) is 7.11 Å². The van der Waals surface area contributed by atoms with Crippen molar-refractivity contribution in [1.82, 2.24) is 4.57 Å². The summed E-state index contributed by atoms with van der Waals surface area (Å²) in [6.07, 6.45) is 1.71. The summed E-state index contributed by atoms with van der Waals surface area (Å²) in [4.78, 5) is 22.6. The van der Waals surface area contributed by atoms with E-state index in [1.807, 2.05) is 6.92 Å². The maximum atomic E-state index is 11.9. The second-order valence-corrected chi connectivity index (χ2v) is 5.48. The van der Waals surface area contributed by atoms with Crippen LogP contribution >= 0.6 is 11.6 Å². The van der Waals surface area contributed by atoms with Gasteiger partial charge in [-0.1, -0.05) is 18.2 Å². The summed E-state index contributed by atoms with van der Waals surface area (Å²) >= 11 is 5.94. The minimum atomic E-state index is -0.526. The molecule has 0 fully saturated rings. The number of nitro groups is 1. The van der Waals surface area contributed by atoms with Crippen LogP contribution in [0, 0.1) is 10.1 Å². The van der Waals surface area contributed by atoms with Crippen LogP contribution < -0.4 is 0 Å². The molecule has 0 saturated heterocycles. The SMILES string of the molecule is C=C(C)c1cc(C(=O)OC)n(Cc2cc(Cl)ccc2[N+](=O)[O-])c1. The first-order chi connectivity index (χ1) is 10.8. The van der Waals surface area contributed by atoms with Gasteiger partial charge in [0.25, 0.3) is 5.69 Å². The fraction of sp³-hybridized carbons (Fsp3) is 0.188. The lowest BCUT2D eigenvalue weighted by molar-refractivity contribution is -0.385. The molecule has 0 aliphatic heterocycles. The number of methoxy groups -OCH3 is 1. The molecule has 0 amide bonds. The molecule has 1 aromatic heterocycles. The molecule has 0 spiro atoms. The predicted molar refractivity (Wildman–Crippen MR) is 87.7 cm³/mol. The van der Waals surface area contributed by atoms with Crippen LogP contribution in [0.3, 0.4) is 0 Å². The van der Waals surface area contributed by atoms with Crippen molar-refractivity contribution in [2.45, 2.75) is 13.5 Å². The average Bonchev–Trinajstić information content (AvgIpc) is 2.90. The lowest BCUT2D eigenvalue weighted by atomic mass is 10.2. The van der Waals surface area contributed by atoms with Gasteiger partial charge >= 0.3 is 5.97 Å². The van der Waals surface area contributed by atoms with E-state index >= 15 is 0 Å². The predicted octanol–water partition coefficient (Wildman–Crippen LogP) is 3.92. The highest BCUT2D eigenvalue weighted by Gasteiger charge is 2.19. The van der Waals surface area contributed by atoms with Gasteiger partial charge in [0.2, 0.25) is 0 Å². The summed E-state index contributed by atoms with van der Waals surface area (Å²) < 4.78 is 6.35. The van der Waals surface area contributed by atoms with Crippen molar-refractivity contribution < 1.29 is 14.5 Å². The number of ether oxygens (including phenoxy) is 1. The lowest BCUT2D eigenvalue weighted by Gasteiger charge is -2.08. The van der Waals surface area contributed by atoms with Gasteiger partial charge in [0.05, 0.1) is 24.1 Å². The van der Waals surface area contributed by atoms with Crippen molar-refractivity contribution in [3.8, 4) is 0 Å². The second-order valence-electron chi connectivity index (χ2n) is 5.04. The number of halogens is 1. The van der Waals surface area contributed by atoms with Crippen LogP contribution in [-0.2, 0) is 11.3 Å². The number of allylic oxidation sites excluding steroid dienone is 1. The van der Waals surface area contributed by atoms with E-state index in [0.717, 1.165) is 11.1 Å². The molecule has 7 heteroatoms. The molecule has 1 aromatic carbocycles. The second kappa shape index (κ2) is 6.66. The van der Waals surface area contributed by atoms with Crippen LogP contribution in [-0.4, -0.2) is 22.6 Å². The van der Waals surface area contributed by atoms with Gasteiger partial charge in [-0.2, -0.15) is 0 Å². The summed E-state index contributed by atoms with van der Waals surface area (Å²) in [5.41, 5.74) is 2.16. The number of benzene rings is 1. The van der Waals surface area contributed by atoms with Crippen LogP contribution in [0.25, 0.3) is 5.57 Å². The highest BCUT2D eigenvalue weighted by Crippen LogP contribution is 2.25. The summed E-state index contributed by atoms with van der Waals surface area (Å²) in [7, 11) is 1.28. The minimum Gasteiger partial charge on any atom is -0.464 e. The smallest absolute Gasteiger partial charge is 0.354 e. The number of carbonyl (C=O) groups excluding carboxylic acids is 1.